The molecule has 7 nitrogen and oxygen atoms in total. The van der Waals surface area contributed by atoms with Crippen molar-refractivity contribution in [2.75, 3.05) is 6.54 Å². The van der Waals surface area contributed by atoms with Crippen molar-refractivity contribution in [3.05, 3.63) is 41.6 Å². The Morgan fingerprint density at radius 1 is 1.33 bits per heavy atom. The van der Waals surface area contributed by atoms with Crippen LogP contribution in [-0.2, 0) is 12.1 Å². The minimum absolute atomic E-state index is 0.146. The van der Waals surface area contributed by atoms with Crippen LogP contribution in [0.2, 0.25) is 0 Å². The number of rotatable bonds is 6. The number of aromatic amines is 1. The zero-order chi connectivity index (χ0) is 17.8. The van der Waals surface area contributed by atoms with Crippen molar-refractivity contribution in [2.45, 2.75) is 31.7 Å². The predicted octanol–water partition coefficient (Wildman–Crippen LogP) is 1.95. The molecule has 0 aliphatic rings. The van der Waals surface area contributed by atoms with E-state index in [-0.39, 0.29) is 12.3 Å². The van der Waals surface area contributed by atoms with Gasteiger partial charge in [0.2, 0.25) is 5.60 Å². The first kappa shape index (κ1) is 17.9. The topological polar surface area (TPSA) is 103 Å². The first-order valence-electron chi connectivity index (χ1n) is 7.08. The van der Waals surface area contributed by atoms with Crippen molar-refractivity contribution in [3.63, 3.8) is 0 Å². The number of hydrogen-bond acceptors (Lipinski definition) is 4. The summed E-state index contributed by atoms with van der Waals surface area (Å²) >= 11 is 0. The summed E-state index contributed by atoms with van der Waals surface area (Å²) in [7, 11) is 0. The van der Waals surface area contributed by atoms with E-state index < -0.39 is 36.5 Å². The van der Waals surface area contributed by atoms with Crippen LogP contribution in [0.1, 0.15) is 23.6 Å². The minimum Gasteiger partial charge on any atom is -0.463 e. The average molecular weight is 346 g/mol. The summed E-state index contributed by atoms with van der Waals surface area (Å²) in [6, 6.07) is 3.38. The molecule has 2 rings (SSSR count). The lowest BCUT2D eigenvalue weighted by Crippen LogP contribution is -2.45. The number of carbonyl (C=O) groups excluding carboxylic acids is 1. The minimum atomic E-state index is -4.94. The van der Waals surface area contributed by atoms with Crippen molar-refractivity contribution in [1.29, 1.82) is 0 Å². The largest absolute Gasteiger partial charge is 0.463 e. The highest BCUT2D eigenvalue weighted by Crippen LogP contribution is 2.41. The summed E-state index contributed by atoms with van der Waals surface area (Å²) in [5, 5.41) is 21.0. The lowest BCUT2D eigenvalue weighted by molar-refractivity contribution is -0.274. The summed E-state index contributed by atoms with van der Waals surface area (Å²) < 4.78 is 44.5. The number of amides is 2. The molecule has 1 atom stereocenters. The molecule has 2 heterocycles. The first-order chi connectivity index (χ1) is 11.2. The maximum absolute atomic E-state index is 13.2. The van der Waals surface area contributed by atoms with E-state index in [4.69, 9.17) is 4.42 Å². The Kier molecular flexibility index (Phi) is 5.17. The third kappa shape index (κ3) is 4.07. The van der Waals surface area contributed by atoms with Crippen LogP contribution in [0.5, 0.6) is 0 Å². The van der Waals surface area contributed by atoms with E-state index in [9.17, 15) is 23.1 Å². The maximum atomic E-state index is 13.2. The molecule has 0 aliphatic heterocycles. The van der Waals surface area contributed by atoms with Crippen molar-refractivity contribution >= 4 is 6.03 Å². The van der Waals surface area contributed by atoms with Crippen molar-refractivity contribution in [3.8, 4) is 0 Å². The zero-order valence-electron chi connectivity index (χ0n) is 12.8. The lowest BCUT2D eigenvalue weighted by atomic mass is 9.96. The van der Waals surface area contributed by atoms with Crippen molar-refractivity contribution in [2.24, 2.45) is 0 Å². The number of aliphatic hydroxyl groups is 1. The Balaban J connectivity index is 1.90. The highest BCUT2D eigenvalue weighted by atomic mass is 19.4. The number of nitrogens with zero attached hydrogens (tertiary/aromatic N) is 1. The van der Waals surface area contributed by atoms with Gasteiger partial charge in [0.05, 0.1) is 12.2 Å². The normalized spacial score (nSPS) is 14.2. The number of carbonyl (C=O) groups is 1. The molecular weight excluding hydrogens is 329 g/mol. The van der Waals surface area contributed by atoms with Gasteiger partial charge in [0.1, 0.15) is 11.5 Å². The standard InChI is InChI=1S/C14H17F3N4O3/c1-9-2-3-11(24-9)13(23,14(15,16)17)5-7-18-12(22)19-8-10-4-6-20-21-10/h2-4,6,23H,5,7-8H2,1H3,(H,20,21)(H2,18,19,22). The van der Waals surface area contributed by atoms with Crippen LogP contribution < -0.4 is 10.6 Å². The number of hydrogen-bond donors (Lipinski definition) is 4. The van der Waals surface area contributed by atoms with Crippen molar-refractivity contribution in [1.82, 2.24) is 20.8 Å². The first-order valence-corrected chi connectivity index (χ1v) is 7.08. The summed E-state index contributed by atoms with van der Waals surface area (Å²) in [6.07, 6.45) is -4.21. The van der Waals surface area contributed by atoms with Crippen LogP contribution in [0, 0.1) is 6.92 Å². The van der Waals surface area contributed by atoms with E-state index in [0.29, 0.717) is 5.69 Å². The van der Waals surface area contributed by atoms with Crippen LogP contribution in [-0.4, -0.2) is 34.1 Å². The Bertz CT molecular complexity index is 669. The van der Waals surface area contributed by atoms with Gasteiger partial charge in [-0.05, 0) is 25.1 Å². The number of alkyl halides is 3. The second kappa shape index (κ2) is 6.95. The molecule has 2 amide bonds. The number of nitrogens with one attached hydrogen (secondary N) is 3. The Morgan fingerprint density at radius 2 is 2.08 bits per heavy atom. The van der Waals surface area contributed by atoms with Gasteiger partial charge in [-0.15, -0.1) is 0 Å². The SMILES string of the molecule is Cc1ccc(C(O)(CCNC(=O)NCc2ccn[nH]2)C(F)(F)F)o1. The molecular formula is C14H17F3N4O3. The third-order valence-electron chi connectivity index (χ3n) is 3.39. The number of furan rings is 1. The Morgan fingerprint density at radius 3 is 2.62 bits per heavy atom. The molecule has 0 aliphatic carbocycles. The van der Waals surface area contributed by atoms with E-state index in [1.807, 2.05) is 0 Å². The molecule has 24 heavy (non-hydrogen) atoms. The predicted molar refractivity (Wildman–Crippen MR) is 76.8 cm³/mol. The molecule has 10 heteroatoms. The third-order valence-corrected chi connectivity index (χ3v) is 3.39. The van der Waals surface area contributed by atoms with Gasteiger partial charge in [-0.2, -0.15) is 18.3 Å². The molecule has 0 radical (unpaired) electrons. The molecule has 0 aromatic carbocycles. The van der Waals surface area contributed by atoms with Gasteiger partial charge in [0.25, 0.3) is 0 Å². The summed E-state index contributed by atoms with van der Waals surface area (Å²) in [5.74, 6) is -0.356. The molecule has 0 saturated heterocycles. The van der Waals surface area contributed by atoms with E-state index in [0.717, 1.165) is 6.07 Å². The number of H-pyrrole nitrogens is 1. The molecule has 132 valence electrons. The lowest BCUT2D eigenvalue weighted by Gasteiger charge is -2.28. The molecule has 2 aromatic heterocycles. The van der Waals surface area contributed by atoms with Gasteiger partial charge in [-0.1, -0.05) is 0 Å². The second-order valence-electron chi connectivity index (χ2n) is 5.21. The number of halogens is 3. The summed E-state index contributed by atoms with van der Waals surface area (Å²) in [6.45, 7) is 1.22. The molecule has 0 bridgehead atoms. The highest BCUT2D eigenvalue weighted by molar-refractivity contribution is 5.73. The van der Waals surface area contributed by atoms with Crippen LogP contribution in [0.15, 0.2) is 28.8 Å². The van der Waals surface area contributed by atoms with Gasteiger partial charge >= 0.3 is 12.2 Å². The van der Waals surface area contributed by atoms with Crippen molar-refractivity contribution < 1.29 is 27.5 Å². The smallest absolute Gasteiger partial charge is 0.424 e. The van der Waals surface area contributed by atoms with Crippen LogP contribution in [0.3, 0.4) is 0 Å². The Labute approximate surface area is 135 Å². The number of aromatic nitrogens is 2. The summed E-state index contributed by atoms with van der Waals surface area (Å²) in [5.41, 5.74) is -2.53. The van der Waals surface area contributed by atoms with E-state index in [2.05, 4.69) is 20.8 Å². The maximum Gasteiger partial charge on any atom is 0.424 e. The Hall–Kier alpha value is -2.49. The van der Waals surface area contributed by atoms with Crippen LogP contribution >= 0.6 is 0 Å². The molecule has 4 N–H and O–H groups in total. The molecule has 1 unspecified atom stereocenters. The second-order valence-corrected chi connectivity index (χ2v) is 5.21. The fourth-order valence-corrected chi connectivity index (χ4v) is 2.04. The fraction of sp³-hybridized carbons (Fsp3) is 0.429. The monoisotopic (exact) mass is 346 g/mol. The average Bonchev–Trinajstić information content (AvgIpc) is 3.15. The highest BCUT2D eigenvalue weighted by Gasteiger charge is 2.56. The molecule has 0 saturated carbocycles. The van der Waals surface area contributed by atoms with E-state index >= 15 is 0 Å². The van der Waals surface area contributed by atoms with E-state index in [1.165, 1.54) is 19.2 Å². The molecule has 2 aromatic rings. The van der Waals surface area contributed by atoms with Gasteiger partial charge in [0.15, 0.2) is 0 Å². The summed E-state index contributed by atoms with van der Waals surface area (Å²) in [4.78, 5) is 11.6. The zero-order valence-corrected chi connectivity index (χ0v) is 12.8. The number of urea groups is 1. The van der Waals surface area contributed by atoms with Crippen LogP contribution in [0.25, 0.3) is 0 Å². The van der Waals surface area contributed by atoms with Gasteiger partial charge in [-0.25, -0.2) is 4.79 Å². The van der Waals surface area contributed by atoms with E-state index in [1.54, 1.807) is 6.07 Å². The molecule has 0 spiro atoms. The quantitative estimate of drug-likeness (QED) is 0.642. The van der Waals surface area contributed by atoms with Crippen LogP contribution in [0.4, 0.5) is 18.0 Å². The van der Waals surface area contributed by atoms with Gasteiger partial charge in [0, 0.05) is 19.2 Å². The van der Waals surface area contributed by atoms with Gasteiger partial charge < -0.3 is 20.2 Å². The number of aryl methyl sites for hydroxylation is 1. The molecule has 0 fully saturated rings. The van der Waals surface area contributed by atoms with Gasteiger partial charge in [-0.3, -0.25) is 5.10 Å². The fourth-order valence-electron chi connectivity index (χ4n) is 2.04.